The SMILES string of the molecule is CCCCCCCCN=CC(CCCCCCCC(C)C)CCCCCC(C)C. The van der Waals surface area contributed by atoms with Gasteiger partial charge in [-0.1, -0.05) is 131 Å². The van der Waals surface area contributed by atoms with Crippen LogP contribution >= 0.6 is 0 Å². The molecule has 0 bridgehead atoms. The summed E-state index contributed by atoms with van der Waals surface area (Å²) in [5.74, 6) is 2.48. The Balaban J connectivity index is 3.97. The second-order valence-electron chi connectivity index (χ2n) is 10.4. The van der Waals surface area contributed by atoms with E-state index in [2.05, 4.69) is 40.8 Å². The Morgan fingerprint density at radius 1 is 0.517 bits per heavy atom. The van der Waals surface area contributed by atoms with Crippen molar-refractivity contribution in [2.75, 3.05) is 6.54 Å². The molecule has 0 fully saturated rings. The first kappa shape index (κ1) is 28.7. The van der Waals surface area contributed by atoms with Crippen molar-refractivity contribution >= 4 is 6.21 Å². The van der Waals surface area contributed by atoms with E-state index in [1.54, 1.807) is 0 Å². The zero-order chi connectivity index (χ0) is 21.6. The van der Waals surface area contributed by atoms with Gasteiger partial charge in [0.25, 0.3) is 0 Å². The van der Waals surface area contributed by atoms with Gasteiger partial charge in [-0.3, -0.25) is 4.99 Å². The van der Waals surface area contributed by atoms with Crippen LogP contribution in [-0.2, 0) is 0 Å². The fraction of sp³-hybridized carbons (Fsp3) is 0.964. The van der Waals surface area contributed by atoms with Crippen molar-refractivity contribution in [1.29, 1.82) is 0 Å². The minimum atomic E-state index is 0.741. The van der Waals surface area contributed by atoms with E-state index in [1.807, 2.05) is 0 Å². The van der Waals surface area contributed by atoms with Crippen molar-refractivity contribution in [2.45, 2.75) is 150 Å². The summed E-state index contributed by atoms with van der Waals surface area (Å²) < 4.78 is 0. The Bertz CT molecular complexity index is 331. The minimum Gasteiger partial charge on any atom is -0.297 e. The number of rotatable bonds is 22. The largest absolute Gasteiger partial charge is 0.297 e. The van der Waals surface area contributed by atoms with Crippen molar-refractivity contribution in [3.63, 3.8) is 0 Å². The lowest BCUT2D eigenvalue weighted by molar-refractivity contribution is 0.468. The van der Waals surface area contributed by atoms with Gasteiger partial charge in [0.15, 0.2) is 0 Å². The van der Waals surface area contributed by atoms with E-state index in [1.165, 1.54) is 116 Å². The third kappa shape index (κ3) is 23.8. The van der Waals surface area contributed by atoms with Crippen LogP contribution in [0.1, 0.15) is 150 Å². The van der Waals surface area contributed by atoms with E-state index >= 15 is 0 Å². The van der Waals surface area contributed by atoms with Crippen molar-refractivity contribution in [2.24, 2.45) is 22.7 Å². The molecule has 1 nitrogen and oxygen atoms in total. The normalized spacial score (nSPS) is 13.2. The summed E-state index contributed by atoms with van der Waals surface area (Å²) in [5.41, 5.74) is 0. The Labute approximate surface area is 185 Å². The Morgan fingerprint density at radius 3 is 1.45 bits per heavy atom. The molecule has 1 unspecified atom stereocenters. The summed E-state index contributed by atoms with van der Waals surface area (Å²) >= 11 is 0. The first-order chi connectivity index (χ1) is 14.1. The fourth-order valence-electron chi connectivity index (χ4n) is 4.13. The lowest BCUT2D eigenvalue weighted by Gasteiger charge is -2.13. The van der Waals surface area contributed by atoms with Gasteiger partial charge < -0.3 is 0 Å². The molecular weight excluding hydrogens is 350 g/mol. The molecule has 0 aliphatic rings. The van der Waals surface area contributed by atoms with Crippen LogP contribution in [0.25, 0.3) is 0 Å². The molecule has 29 heavy (non-hydrogen) atoms. The molecule has 1 atom stereocenters. The lowest BCUT2D eigenvalue weighted by atomic mass is 9.94. The molecule has 0 aliphatic carbocycles. The number of hydrogen-bond acceptors (Lipinski definition) is 1. The highest BCUT2D eigenvalue weighted by Gasteiger charge is 2.06. The van der Waals surface area contributed by atoms with Gasteiger partial charge in [0.2, 0.25) is 0 Å². The molecule has 0 saturated carbocycles. The maximum Gasteiger partial charge on any atom is 0.0385 e. The molecule has 0 heterocycles. The number of nitrogens with zero attached hydrogens (tertiary/aromatic N) is 1. The highest BCUT2D eigenvalue weighted by molar-refractivity contribution is 5.60. The molecule has 0 radical (unpaired) electrons. The summed E-state index contributed by atoms with van der Waals surface area (Å²) in [7, 11) is 0. The van der Waals surface area contributed by atoms with Crippen molar-refractivity contribution in [3.05, 3.63) is 0 Å². The van der Waals surface area contributed by atoms with Crippen molar-refractivity contribution in [3.8, 4) is 0 Å². The summed E-state index contributed by atoms with van der Waals surface area (Å²) in [6.45, 7) is 12.7. The van der Waals surface area contributed by atoms with Gasteiger partial charge in [0.05, 0.1) is 0 Å². The van der Waals surface area contributed by atoms with Crippen LogP contribution in [-0.4, -0.2) is 12.8 Å². The Hall–Kier alpha value is -0.330. The van der Waals surface area contributed by atoms with Crippen LogP contribution in [0.2, 0.25) is 0 Å². The quantitative estimate of drug-likeness (QED) is 0.125. The molecular formula is C28H57N. The zero-order valence-electron chi connectivity index (χ0n) is 21.2. The maximum atomic E-state index is 4.84. The second kappa shape index (κ2) is 22.4. The van der Waals surface area contributed by atoms with Crippen LogP contribution in [0, 0.1) is 17.8 Å². The first-order valence-electron chi connectivity index (χ1n) is 13.6. The van der Waals surface area contributed by atoms with Gasteiger partial charge in [-0.05, 0) is 37.0 Å². The second-order valence-corrected chi connectivity index (χ2v) is 10.4. The summed E-state index contributed by atoms with van der Waals surface area (Å²) in [4.78, 5) is 4.84. The monoisotopic (exact) mass is 407 g/mol. The van der Waals surface area contributed by atoms with Crippen LogP contribution in [0.15, 0.2) is 4.99 Å². The third-order valence-corrected chi connectivity index (χ3v) is 6.17. The van der Waals surface area contributed by atoms with Gasteiger partial charge in [-0.25, -0.2) is 0 Å². The molecule has 0 aromatic heterocycles. The van der Waals surface area contributed by atoms with Crippen LogP contribution in [0.5, 0.6) is 0 Å². The standard InChI is InChI=1S/C28H57N/c1-6-7-8-9-13-19-24-29-25-28(23-18-14-16-21-27(4)5)22-17-12-10-11-15-20-26(2)3/h25-28H,6-24H2,1-5H3. The van der Waals surface area contributed by atoms with Crippen LogP contribution < -0.4 is 0 Å². The van der Waals surface area contributed by atoms with E-state index < -0.39 is 0 Å². The summed E-state index contributed by atoms with van der Waals surface area (Å²) in [5, 5.41) is 0. The van der Waals surface area contributed by atoms with Crippen molar-refractivity contribution in [1.82, 2.24) is 0 Å². The van der Waals surface area contributed by atoms with E-state index in [0.29, 0.717) is 0 Å². The van der Waals surface area contributed by atoms with E-state index in [4.69, 9.17) is 4.99 Å². The Morgan fingerprint density at radius 2 is 0.931 bits per heavy atom. The minimum absolute atomic E-state index is 0.741. The molecule has 0 aromatic rings. The molecule has 174 valence electrons. The first-order valence-corrected chi connectivity index (χ1v) is 13.6. The van der Waals surface area contributed by atoms with Gasteiger partial charge in [0.1, 0.15) is 0 Å². The average molecular weight is 408 g/mol. The third-order valence-electron chi connectivity index (χ3n) is 6.17. The highest BCUT2D eigenvalue weighted by Crippen LogP contribution is 2.19. The predicted molar refractivity (Wildman–Crippen MR) is 135 cm³/mol. The molecule has 0 N–H and O–H groups in total. The van der Waals surface area contributed by atoms with Gasteiger partial charge in [-0.15, -0.1) is 0 Å². The zero-order valence-corrected chi connectivity index (χ0v) is 21.2. The van der Waals surface area contributed by atoms with Gasteiger partial charge in [0, 0.05) is 12.8 Å². The average Bonchev–Trinajstić information content (AvgIpc) is 2.67. The summed E-state index contributed by atoms with van der Waals surface area (Å²) in [6.07, 6.45) is 27.5. The van der Waals surface area contributed by atoms with Gasteiger partial charge >= 0.3 is 0 Å². The van der Waals surface area contributed by atoms with Crippen LogP contribution in [0.4, 0.5) is 0 Å². The molecule has 0 aliphatic heterocycles. The Kier molecular flexibility index (Phi) is 22.1. The molecule has 0 saturated heterocycles. The van der Waals surface area contributed by atoms with Gasteiger partial charge in [-0.2, -0.15) is 0 Å². The molecule has 0 aromatic carbocycles. The molecule has 1 heteroatoms. The van der Waals surface area contributed by atoms with E-state index in [-0.39, 0.29) is 0 Å². The summed E-state index contributed by atoms with van der Waals surface area (Å²) in [6, 6.07) is 0. The van der Waals surface area contributed by atoms with E-state index in [0.717, 1.165) is 24.3 Å². The highest BCUT2D eigenvalue weighted by atomic mass is 14.7. The molecule has 0 amide bonds. The number of unbranched alkanes of at least 4 members (excludes halogenated alkanes) is 11. The topological polar surface area (TPSA) is 12.4 Å². The molecule has 0 spiro atoms. The fourth-order valence-corrected chi connectivity index (χ4v) is 4.13. The number of aliphatic imine (C=N–C) groups is 1. The maximum absolute atomic E-state index is 4.84. The number of hydrogen-bond donors (Lipinski definition) is 0. The predicted octanol–water partition coefficient (Wildman–Crippen LogP) is 10.0. The van der Waals surface area contributed by atoms with Crippen LogP contribution in [0.3, 0.4) is 0 Å². The molecule has 0 rings (SSSR count). The van der Waals surface area contributed by atoms with E-state index in [9.17, 15) is 0 Å². The smallest absolute Gasteiger partial charge is 0.0385 e. The lowest BCUT2D eigenvalue weighted by Crippen LogP contribution is -2.03. The van der Waals surface area contributed by atoms with Crippen molar-refractivity contribution < 1.29 is 0 Å².